The summed E-state index contributed by atoms with van der Waals surface area (Å²) < 4.78 is 0. The van der Waals surface area contributed by atoms with Crippen LogP contribution in [0.15, 0.2) is 40.9 Å². The van der Waals surface area contributed by atoms with Crippen molar-refractivity contribution in [1.82, 2.24) is 10.2 Å². The fourth-order valence-electron chi connectivity index (χ4n) is 2.08. The van der Waals surface area contributed by atoms with Gasteiger partial charge in [-0.3, -0.25) is 19.9 Å². The zero-order chi connectivity index (χ0) is 15.5. The maximum atomic E-state index is 12.2. The summed E-state index contributed by atoms with van der Waals surface area (Å²) in [4.78, 5) is 23.8. The van der Waals surface area contributed by atoms with Gasteiger partial charge in [0.1, 0.15) is 17.3 Å². The van der Waals surface area contributed by atoms with E-state index in [2.05, 4.69) is 20.6 Å². The summed E-state index contributed by atoms with van der Waals surface area (Å²) in [6.45, 7) is 0. The molecule has 9 heteroatoms. The molecule has 0 saturated heterocycles. The van der Waals surface area contributed by atoms with Crippen LogP contribution in [0.2, 0.25) is 0 Å². The summed E-state index contributed by atoms with van der Waals surface area (Å²) >= 11 is 1.20. The van der Waals surface area contributed by atoms with E-state index in [1.807, 2.05) is 18.2 Å². The number of amides is 2. The molecule has 0 bridgehead atoms. The van der Waals surface area contributed by atoms with E-state index in [4.69, 9.17) is 5.73 Å². The number of primary amides is 1. The van der Waals surface area contributed by atoms with Crippen LogP contribution >= 0.6 is 11.3 Å². The Bertz CT molecular complexity index is 715. The number of benzene rings is 1. The molecule has 0 saturated carbocycles. The Labute approximate surface area is 129 Å². The van der Waals surface area contributed by atoms with Crippen molar-refractivity contribution in [2.24, 2.45) is 10.8 Å². The number of aromatic nitrogens is 2. The van der Waals surface area contributed by atoms with Gasteiger partial charge in [-0.15, -0.1) is 10.2 Å². The molecule has 0 radical (unpaired) electrons. The number of anilines is 2. The number of hydrazone groups is 1. The quantitative estimate of drug-likeness (QED) is 0.857. The Balaban J connectivity index is 1.83. The van der Waals surface area contributed by atoms with Crippen LogP contribution in [-0.2, 0) is 9.59 Å². The smallest absolute Gasteiger partial charge is 0.273 e. The highest BCUT2D eigenvalue weighted by atomic mass is 32.1. The highest BCUT2D eigenvalue weighted by molar-refractivity contribution is 7.13. The van der Waals surface area contributed by atoms with E-state index in [-0.39, 0.29) is 12.1 Å². The molecule has 2 heterocycles. The topological polar surface area (TPSA) is 114 Å². The van der Waals surface area contributed by atoms with Gasteiger partial charge in [-0.2, -0.15) is 5.10 Å². The summed E-state index contributed by atoms with van der Waals surface area (Å²) in [6, 6.07) is 8.41. The molecule has 3 rings (SSSR count). The first kappa shape index (κ1) is 14.1. The number of carbonyl (C=O) groups is 2. The van der Waals surface area contributed by atoms with Gasteiger partial charge in [0.05, 0.1) is 5.69 Å². The minimum absolute atomic E-state index is 0.148. The summed E-state index contributed by atoms with van der Waals surface area (Å²) in [7, 11) is 0. The van der Waals surface area contributed by atoms with Gasteiger partial charge >= 0.3 is 0 Å². The largest absolute Gasteiger partial charge is 0.368 e. The lowest BCUT2D eigenvalue weighted by Crippen LogP contribution is -2.39. The molecule has 8 nitrogen and oxygen atoms in total. The van der Waals surface area contributed by atoms with Crippen molar-refractivity contribution in [2.45, 2.75) is 12.5 Å². The molecule has 0 aliphatic carbocycles. The van der Waals surface area contributed by atoms with Gasteiger partial charge in [0.2, 0.25) is 11.0 Å². The van der Waals surface area contributed by atoms with Gasteiger partial charge in [-0.25, -0.2) is 0 Å². The molecule has 2 amide bonds. The molecule has 0 spiro atoms. The van der Waals surface area contributed by atoms with Crippen LogP contribution in [0.25, 0.3) is 0 Å². The Morgan fingerprint density at radius 1 is 1.32 bits per heavy atom. The zero-order valence-electron chi connectivity index (χ0n) is 11.3. The first-order valence-corrected chi connectivity index (χ1v) is 7.31. The summed E-state index contributed by atoms with van der Waals surface area (Å²) in [5.74, 6) is -0.951. The van der Waals surface area contributed by atoms with Crippen LogP contribution in [0.3, 0.4) is 0 Å². The van der Waals surface area contributed by atoms with Crippen LogP contribution in [-0.4, -0.2) is 33.8 Å². The van der Waals surface area contributed by atoms with Crippen LogP contribution in [0.4, 0.5) is 10.8 Å². The molecule has 1 aromatic heterocycles. The zero-order valence-corrected chi connectivity index (χ0v) is 12.2. The van der Waals surface area contributed by atoms with Crippen LogP contribution < -0.4 is 16.1 Å². The van der Waals surface area contributed by atoms with E-state index in [1.165, 1.54) is 21.9 Å². The van der Waals surface area contributed by atoms with Gasteiger partial charge < -0.3 is 5.73 Å². The lowest BCUT2D eigenvalue weighted by molar-refractivity contribution is -0.119. The fraction of sp³-hybridized carbons (Fsp3) is 0.154. The molecule has 1 atom stereocenters. The number of rotatable bonds is 4. The Morgan fingerprint density at radius 3 is 2.73 bits per heavy atom. The van der Waals surface area contributed by atoms with Crippen LogP contribution in [0.5, 0.6) is 0 Å². The summed E-state index contributed by atoms with van der Waals surface area (Å²) in [6.07, 6.45) is 0.148. The van der Waals surface area contributed by atoms with Crippen molar-refractivity contribution in [3.8, 4) is 0 Å². The highest BCUT2D eigenvalue weighted by Gasteiger charge is 2.35. The maximum Gasteiger partial charge on any atom is 0.273 e. The van der Waals surface area contributed by atoms with Crippen LogP contribution in [0.1, 0.15) is 6.42 Å². The number of nitrogens with zero attached hydrogens (tertiary/aromatic N) is 4. The van der Waals surface area contributed by atoms with Crippen molar-refractivity contribution >= 4 is 39.7 Å². The molecular formula is C13H12N6O2S. The third-order valence-corrected chi connectivity index (χ3v) is 3.71. The van der Waals surface area contributed by atoms with Crippen molar-refractivity contribution in [3.63, 3.8) is 0 Å². The first-order valence-electron chi connectivity index (χ1n) is 6.44. The summed E-state index contributed by atoms with van der Waals surface area (Å²) in [5.41, 5.74) is 7.85. The van der Waals surface area contributed by atoms with E-state index in [9.17, 15) is 9.59 Å². The van der Waals surface area contributed by atoms with Crippen molar-refractivity contribution in [1.29, 1.82) is 0 Å². The molecule has 3 N–H and O–H groups in total. The fourth-order valence-corrected chi connectivity index (χ4v) is 2.52. The second-order valence-corrected chi connectivity index (χ2v) is 5.38. The number of para-hydroxylation sites is 1. The van der Waals surface area contributed by atoms with E-state index in [0.29, 0.717) is 10.8 Å². The molecule has 0 unspecified atom stereocenters. The third kappa shape index (κ3) is 2.79. The standard InChI is InChI=1S/C13H12N6O2S/c14-11(20)10-6-9(12(21)16-13-17-15-7-22-13)18-19(10)8-4-2-1-3-5-8/h1-5,7,10H,6H2,(H2,14,20)(H,16,17,21)/t10-/m1/s1. The second kappa shape index (κ2) is 5.90. The number of nitrogens with two attached hydrogens (primary N) is 1. The number of hydrogen-bond acceptors (Lipinski definition) is 7. The van der Waals surface area contributed by atoms with E-state index in [1.54, 1.807) is 12.1 Å². The predicted molar refractivity (Wildman–Crippen MR) is 82.5 cm³/mol. The normalized spacial score (nSPS) is 17.2. The van der Waals surface area contributed by atoms with E-state index < -0.39 is 17.9 Å². The predicted octanol–water partition coefficient (Wildman–Crippen LogP) is 0.597. The lowest BCUT2D eigenvalue weighted by atomic mass is 10.1. The SMILES string of the molecule is NC(=O)[C@H]1CC(C(=O)Nc2nncs2)=NN1c1ccccc1. The first-order chi connectivity index (χ1) is 10.6. The maximum absolute atomic E-state index is 12.2. The second-order valence-electron chi connectivity index (χ2n) is 4.55. The molecule has 0 fully saturated rings. The molecular weight excluding hydrogens is 304 g/mol. The van der Waals surface area contributed by atoms with Gasteiger partial charge in [0.15, 0.2) is 0 Å². The van der Waals surface area contributed by atoms with Gasteiger partial charge in [0.25, 0.3) is 5.91 Å². The average Bonchev–Trinajstić information content (AvgIpc) is 3.17. The Kier molecular flexibility index (Phi) is 3.79. The van der Waals surface area contributed by atoms with Crippen molar-refractivity contribution in [2.75, 3.05) is 10.3 Å². The molecule has 22 heavy (non-hydrogen) atoms. The number of hydrogen-bond donors (Lipinski definition) is 2. The van der Waals surface area contributed by atoms with Crippen LogP contribution in [0, 0.1) is 0 Å². The Morgan fingerprint density at radius 2 is 2.09 bits per heavy atom. The summed E-state index contributed by atoms with van der Waals surface area (Å²) in [5, 5.41) is 16.0. The van der Waals surface area contributed by atoms with E-state index >= 15 is 0 Å². The minimum atomic E-state index is -0.683. The van der Waals surface area contributed by atoms with Gasteiger partial charge in [0, 0.05) is 6.42 Å². The number of carbonyl (C=O) groups excluding carboxylic acids is 2. The molecule has 1 aliphatic heterocycles. The minimum Gasteiger partial charge on any atom is -0.368 e. The van der Waals surface area contributed by atoms with Crippen molar-refractivity contribution < 1.29 is 9.59 Å². The third-order valence-electron chi connectivity index (χ3n) is 3.10. The highest BCUT2D eigenvalue weighted by Crippen LogP contribution is 2.24. The molecule has 2 aromatic rings. The molecule has 1 aromatic carbocycles. The Hall–Kier alpha value is -2.81. The lowest BCUT2D eigenvalue weighted by Gasteiger charge is -2.20. The van der Waals surface area contributed by atoms with E-state index in [0.717, 1.165) is 0 Å². The monoisotopic (exact) mass is 316 g/mol. The van der Waals surface area contributed by atoms with Gasteiger partial charge in [-0.1, -0.05) is 29.5 Å². The number of nitrogens with one attached hydrogen (secondary N) is 1. The average molecular weight is 316 g/mol. The van der Waals surface area contributed by atoms with Crippen molar-refractivity contribution in [3.05, 3.63) is 35.8 Å². The molecule has 1 aliphatic rings. The van der Waals surface area contributed by atoms with Gasteiger partial charge in [-0.05, 0) is 12.1 Å². The molecule has 112 valence electrons.